The second kappa shape index (κ2) is 9.61. The van der Waals surface area contributed by atoms with Crippen molar-refractivity contribution < 1.29 is 17.9 Å². The standard InChI is InChI=1S/C27H34F3N3O/c1-25(2,18-31)34-23-14-8-20(9-15-23)6-5-7-24-26(16-3-4-17-26)19-33(32-24)22-12-10-21(11-13-22)27(28,29)30/h8-15H,3-7,16-19,31H2,1-2H3. The SMILES string of the molecule is CC(C)(CN)Oc1ccc(CCCC2=NN(c3ccc(C(F)(F)F)cc3)CC23CCCC3)cc1. The molecule has 1 heterocycles. The first-order valence-corrected chi connectivity index (χ1v) is 12.1. The van der Waals surface area contributed by atoms with Crippen molar-refractivity contribution in [2.45, 2.75) is 70.6 Å². The van der Waals surface area contributed by atoms with Crippen molar-refractivity contribution in [3.8, 4) is 5.75 Å². The number of alkyl halides is 3. The van der Waals surface area contributed by atoms with E-state index in [1.807, 2.05) is 31.0 Å². The molecule has 7 heteroatoms. The molecule has 2 N–H and O–H groups in total. The lowest BCUT2D eigenvalue weighted by Gasteiger charge is -2.26. The second-order valence-corrected chi connectivity index (χ2v) is 10.2. The molecule has 2 aromatic carbocycles. The van der Waals surface area contributed by atoms with E-state index < -0.39 is 17.3 Å². The van der Waals surface area contributed by atoms with Crippen molar-refractivity contribution >= 4 is 11.4 Å². The van der Waals surface area contributed by atoms with Gasteiger partial charge in [-0.05, 0) is 87.9 Å². The number of benzene rings is 2. The van der Waals surface area contributed by atoms with Crippen molar-refractivity contribution in [3.05, 3.63) is 59.7 Å². The lowest BCUT2D eigenvalue weighted by atomic mass is 9.79. The van der Waals surface area contributed by atoms with E-state index in [2.05, 4.69) is 12.1 Å². The molecule has 184 valence electrons. The summed E-state index contributed by atoms with van der Waals surface area (Å²) >= 11 is 0. The van der Waals surface area contributed by atoms with Gasteiger partial charge in [-0.2, -0.15) is 18.3 Å². The zero-order valence-corrected chi connectivity index (χ0v) is 20.0. The zero-order valence-electron chi connectivity index (χ0n) is 20.0. The van der Waals surface area contributed by atoms with Gasteiger partial charge in [-0.3, -0.25) is 5.01 Å². The fourth-order valence-corrected chi connectivity index (χ4v) is 5.00. The minimum atomic E-state index is -4.32. The minimum Gasteiger partial charge on any atom is -0.487 e. The van der Waals surface area contributed by atoms with Crippen LogP contribution in [-0.2, 0) is 12.6 Å². The second-order valence-electron chi connectivity index (χ2n) is 10.2. The number of hydrogen-bond acceptors (Lipinski definition) is 4. The molecule has 4 rings (SSSR count). The van der Waals surface area contributed by atoms with E-state index in [1.165, 1.54) is 36.2 Å². The molecule has 1 aliphatic heterocycles. The Morgan fingerprint density at radius 3 is 2.21 bits per heavy atom. The van der Waals surface area contributed by atoms with Gasteiger partial charge in [0.15, 0.2) is 0 Å². The van der Waals surface area contributed by atoms with E-state index >= 15 is 0 Å². The van der Waals surface area contributed by atoms with Gasteiger partial charge in [0.1, 0.15) is 11.4 Å². The quantitative estimate of drug-likeness (QED) is 0.471. The average Bonchev–Trinajstić information content (AvgIpc) is 3.42. The van der Waals surface area contributed by atoms with Gasteiger partial charge in [0.05, 0.1) is 17.8 Å². The molecule has 0 unspecified atom stereocenters. The summed E-state index contributed by atoms with van der Waals surface area (Å²) in [4.78, 5) is 0. The first-order valence-electron chi connectivity index (χ1n) is 12.1. The summed E-state index contributed by atoms with van der Waals surface area (Å²) < 4.78 is 44.7. The minimum absolute atomic E-state index is 0.0637. The maximum Gasteiger partial charge on any atom is 0.416 e. The van der Waals surface area contributed by atoms with Gasteiger partial charge in [0, 0.05) is 17.7 Å². The van der Waals surface area contributed by atoms with Crippen LogP contribution in [0, 0.1) is 5.41 Å². The van der Waals surface area contributed by atoms with Crippen LogP contribution >= 0.6 is 0 Å². The highest BCUT2D eigenvalue weighted by atomic mass is 19.4. The van der Waals surface area contributed by atoms with Crippen molar-refractivity contribution in [1.29, 1.82) is 0 Å². The van der Waals surface area contributed by atoms with E-state index in [0.717, 1.165) is 62.2 Å². The molecule has 0 radical (unpaired) electrons. The van der Waals surface area contributed by atoms with Gasteiger partial charge in [-0.15, -0.1) is 0 Å². The number of nitrogens with zero attached hydrogens (tertiary/aromatic N) is 2. The average molecular weight is 474 g/mol. The summed E-state index contributed by atoms with van der Waals surface area (Å²) in [7, 11) is 0. The van der Waals surface area contributed by atoms with Gasteiger partial charge in [0.25, 0.3) is 0 Å². The van der Waals surface area contributed by atoms with Crippen LogP contribution in [0.3, 0.4) is 0 Å². The van der Waals surface area contributed by atoms with E-state index in [4.69, 9.17) is 15.6 Å². The lowest BCUT2D eigenvalue weighted by molar-refractivity contribution is -0.137. The lowest BCUT2D eigenvalue weighted by Crippen LogP contribution is -2.37. The number of nitrogens with two attached hydrogens (primary N) is 1. The van der Waals surface area contributed by atoms with Crippen molar-refractivity contribution in [1.82, 2.24) is 0 Å². The number of aryl methyl sites for hydroxylation is 1. The third-order valence-electron chi connectivity index (χ3n) is 7.05. The molecule has 1 fully saturated rings. The number of rotatable bonds is 8. The number of hydrazone groups is 1. The van der Waals surface area contributed by atoms with Gasteiger partial charge < -0.3 is 10.5 Å². The van der Waals surface area contributed by atoms with Crippen LogP contribution in [0.5, 0.6) is 5.75 Å². The summed E-state index contributed by atoms with van der Waals surface area (Å²) in [5, 5.41) is 6.83. The Morgan fingerprint density at radius 2 is 1.62 bits per heavy atom. The van der Waals surface area contributed by atoms with Gasteiger partial charge in [-0.1, -0.05) is 25.0 Å². The van der Waals surface area contributed by atoms with E-state index in [0.29, 0.717) is 6.54 Å². The molecule has 0 saturated heterocycles. The predicted molar refractivity (Wildman–Crippen MR) is 130 cm³/mol. The molecule has 0 amide bonds. The first kappa shape index (κ1) is 24.6. The third kappa shape index (κ3) is 5.57. The van der Waals surface area contributed by atoms with Crippen LogP contribution in [0.4, 0.5) is 18.9 Å². The molecule has 4 nitrogen and oxygen atoms in total. The van der Waals surface area contributed by atoms with Crippen molar-refractivity contribution in [3.63, 3.8) is 0 Å². The highest BCUT2D eigenvalue weighted by Crippen LogP contribution is 2.46. The Kier molecular flexibility index (Phi) is 6.94. The van der Waals surface area contributed by atoms with E-state index in [1.54, 1.807) is 0 Å². The molecule has 1 aliphatic carbocycles. The molecule has 0 atom stereocenters. The molecular weight excluding hydrogens is 439 g/mol. The first-order chi connectivity index (χ1) is 16.1. The Bertz CT molecular complexity index is 991. The summed E-state index contributed by atoms with van der Waals surface area (Å²) in [6.07, 6.45) is 3.07. The summed E-state index contributed by atoms with van der Waals surface area (Å²) in [5.74, 6) is 0.816. The van der Waals surface area contributed by atoms with E-state index in [-0.39, 0.29) is 5.41 Å². The smallest absolute Gasteiger partial charge is 0.416 e. The van der Waals surface area contributed by atoms with E-state index in [9.17, 15) is 13.2 Å². The van der Waals surface area contributed by atoms with Crippen LogP contribution in [0.25, 0.3) is 0 Å². The van der Waals surface area contributed by atoms with Crippen LogP contribution in [0.15, 0.2) is 53.6 Å². The number of anilines is 1. The summed E-state index contributed by atoms with van der Waals surface area (Å²) in [6, 6.07) is 13.5. The number of halogens is 3. The van der Waals surface area contributed by atoms with Crippen LogP contribution in [0.2, 0.25) is 0 Å². The largest absolute Gasteiger partial charge is 0.487 e. The Balaban J connectivity index is 1.40. The summed E-state index contributed by atoms with van der Waals surface area (Å²) in [5.41, 5.74) is 7.97. The topological polar surface area (TPSA) is 50.9 Å². The zero-order chi connectivity index (χ0) is 24.4. The molecule has 2 aliphatic rings. The maximum atomic E-state index is 12.9. The highest BCUT2D eigenvalue weighted by molar-refractivity contribution is 5.94. The molecule has 1 spiro atoms. The number of hydrogen-bond donors (Lipinski definition) is 1. The number of ether oxygens (including phenoxy) is 1. The molecule has 0 bridgehead atoms. The third-order valence-corrected chi connectivity index (χ3v) is 7.05. The highest BCUT2D eigenvalue weighted by Gasteiger charge is 2.44. The molecule has 34 heavy (non-hydrogen) atoms. The van der Waals surface area contributed by atoms with Crippen molar-refractivity contribution in [2.75, 3.05) is 18.1 Å². The Hall–Kier alpha value is -2.54. The molecular formula is C27H34F3N3O. The van der Waals surface area contributed by atoms with Gasteiger partial charge in [-0.25, -0.2) is 0 Å². The van der Waals surface area contributed by atoms with Crippen molar-refractivity contribution in [2.24, 2.45) is 16.3 Å². The summed E-state index contributed by atoms with van der Waals surface area (Å²) in [6.45, 7) is 5.14. The normalized spacial score (nSPS) is 17.9. The predicted octanol–water partition coefficient (Wildman–Crippen LogP) is 6.58. The fourth-order valence-electron chi connectivity index (χ4n) is 5.00. The van der Waals surface area contributed by atoms with Crippen LogP contribution in [0.1, 0.15) is 63.5 Å². The van der Waals surface area contributed by atoms with Crippen LogP contribution in [-0.4, -0.2) is 24.4 Å². The van der Waals surface area contributed by atoms with Crippen LogP contribution < -0.4 is 15.5 Å². The maximum absolute atomic E-state index is 12.9. The molecule has 1 saturated carbocycles. The fraction of sp³-hybridized carbons (Fsp3) is 0.519. The Morgan fingerprint density at radius 1 is 0.971 bits per heavy atom. The molecule has 2 aromatic rings. The Labute approximate surface area is 200 Å². The van der Waals surface area contributed by atoms with Gasteiger partial charge >= 0.3 is 6.18 Å². The monoisotopic (exact) mass is 473 g/mol. The van der Waals surface area contributed by atoms with Gasteiger partial charge in [0.2, 0.25) is 0 Å². The molecule has 0 aromatic heterocycles.